The first-order valence-corrected chi connectivity index (χ1v) is 7.88. The van der Waals surface area contributed by atoms with Crippen LogP contribution >= 0.6 is 0 Å². The van der Waals surface area contributed by atoms with Crippen molar-refractivity contribution in [3.8, 4) is 5.75 Å². The molecule has 7 heteroatoms. The van der Waals surface area contributed by atoms with Crippen LogP contribution in [0.2, 0.25) is 0 Å². The van der Waals surface area contributed by atoms with E-state index in [2.05, 4.69) is 15.6 Å². The average molecular weight is 338 g/mol. The van der Waals surface area contributed by atoms with Crippen molar-refractivity contribution in [3.05, 3.63) is 60.9 Å². The maximum absolute atomic E-state index is 11.7. The SMILES string of the molecule is O=C(COc1ccccc1)NC(=O)NCCn1cnc2ccccc21. The van der Waals surface area contributed by atoms with Gasteiger partial charge in [0, 0.05) is 13.1 Å². The number of carbonyl (C=O) groups excluding carboxylic acids is 2. The van der Waals surface area contributed by atoms with Crippen LogP contribution in [0, 0.1) is 0 Å². The maximum atomic E-state index is 11.7. The number of nitrogens with zero attached hydrogens (tertiary/aromatic N) is 2. The Balaban J connectivity index is 1.40. The topological polar surface area (TPSA) is 85.2 Å². The fourth-order valence-electron chi connectivity index (χ4n) is 2.35. The largest absolute Gasteiger partial charge is 0.484 e. The number of carbonyl (C=O) groups is 2. The Morgan fingerprint density at radius 3 is 2.64 bits per heavy atom. The molecule has 7 nitrogen and oxygen atoms in total. The first-order chi connectivity index (χ1) is 12.2. The normalized spacial score (nSPS) is 10.4. The quantitative estimate of drug-likeness (QED) is 0.719. The van der Waals surface area contributed by atoms with Gasteiger partial charge in [0.1, 0.15) is 5.75 Å². The van der Waals surface area contributed by atoms with Gasteiger partial charge in [-0.2, -0.15) is 0 Å². The second-order valence-corrected chi connectivity index (χ2v) is 5.33. The van der Waals surface area contributed by atoms with E-state index >= 15 is 0 Å². The standard InChI is InChI=1S/C18H18N4O3/c23-17(12-25-14-6-2-1-3-7-14)21-18(24)19-10-11-22-13-20-15-8-4-5-9-16(15)22/h1-9,13H,10-12H2,(H2,19,21,23,24). The maximum Gasteiger partial charge on any atom is 0.321 e. The minimum atomic E-state index is -0.550. The van der Waals surface area contributed by atoms with Crippen LogP contribution in [0.1, 0.15) is 0 Å². The lowest BCUT2D eigenvalue weighted by Crippen LogP contribution is -2.42. The first kappa shape index (κ1) is 16.5. The van der Waals surface area contributed by atoms with Gasteiger partial charge in [0.15, 0.2) is 6.61 Å². The van der Waals surface area contributed by atoms with Gasteiger partial charge in [-0.25, -0.2) is 9.78 Å². The smallest absolute Gasteiger partial charge is 0.321 e. The van der Waals surface area contributed by atoms with E-state index in [0.29, 0.717) is 18.8 Å². The molecule has 0 unspecified atom stereocenters. The number of fused-ring (bicyclic) bond motifs is 1. The molecule has 0 bridgehead atoms. The van der Waals surface area contributed by atoms with Crippen molar-refractivity contribution in [3.63, 3.8) is 0 Å². The van der Waals surface area contributed by atoms with E-state index in [4.69, 9.17) is 4.74 Å². The Morgan fingerprint density at radius 2 is 1.80 bits per heavy atom. The van der Waals surface area contributed by atoms with Crippen molar-refractivity contribution in [1.82, 2.24) is 20.2 Å². The Kier molecular flexibility index (Phi) is 5.26. The molecule has 1 heterocycles. The molecule has 128 valence electrons. The van der Waals surface area contributed by atoms with Crippen LogP contribution in [0.25, 0.3) is 11.0 Å². The lowest BCUT2D eigenvalue weighted by molar-refractivity contribution is -0.122. The number of para-hydroxylation sites is 3. The van der Waals surface area contributed by atoms with Crippen LogP contribution in [-0.4, -0.2) is 34.6 Å². The van der Waals surface area contributed by atoms with Gasteiger partial charge >= 0.3 is 6.03 Å². The second kappa shape index (κ2) is 7.96. The molecule has 3 amide bonds. The highest BCUT2D eigenvalue weighted by molar-refractivity contribution is 5.95. The molecule has 3 rings (SSSR count). The Bertz CT molecular complexity index is 861. The summed E-state index contributed by atoms with van der Waals surface area (Å²) in [4.78, 5) is 27.7. The van der Waals surface area contributed by atoms with Gasteiger partial charge in [-0.15, -0.1) is 0 Å². The summed E-state index contributed by atoms with van der Waals surface area (Å²) in [5.74, 6) is 0.0690. The Morgan fingerprint density at radius 1 is 1.04 bits per heavy atom. The fraction of sp³-hybridized carbons (Fsp3) is 0.167. The number of imide groups is 1. The number of benzene rings is 2. The molecule has 0 saturated heterocycles. The Hall–Kier alpha value is -3.35. The van der Waals surface area contributed by atoms with Crippen molar-refractivity contribution >= 4 is 23.0 Å². The summed E-state index contributed by atoms with van der Waals surface area (Å²) in [6.07, 6.45) is 1.73. The molecule has 3 aromatic rings. The summed E-state index contributed by atoms with van der Waals surface area (Å²) >= 11 is 0. The van der Waals surface area contributed by atoms with E-state index in [1.807, 2.05) is 34.9 Å². The monoisotopic (exact) mass is 338 g/mol. The number of rotatable bonds is 6. The van der Waals surface area contributed by atoms with E-state index in [0.717, 1.165) is 11.0 Å². The van der Waals surface area contributed by atoms with E-state index in [-0.39, 0.29) is 6.61 Å². The molecule has 0 aliphatic heterocycles. The summed E-state index contributed by atoms with van der Waals surface area (Å²) in [5.41, 5.74) is 1.90. The minimum Gasteiger partial charge on any atom is -0.484 e. The number of nitrogens with one attached hydrogen (secondary N) is 2. The predicted octanol–water partition coefficient (Wildman–Crippen LogP) is 1.94. The van der Waals surface area contributed by atoms with Crippen LogP contribution in [0.3, 0.4) is 0 Å². The molecule has 25 heavy (non-hydrogen) atoms. The summed E-state index contributed by atoms with van der Waals surface area (Å²) in [6, 6.07) is 16.1. The van der Waals surface area contributed by atoms with Crippen molar-refractivity contribution in [1.29, 1.82) is 0 Å². The zero-order valence-corrected chi connectivity index (χ0v) is 13.5. The molecule has 0 atom stereocenters. The third-order valence-electron chi connectivity index (χ3n) is 3.53. The van der Waals surface area contributed by atoms with Gasteiger partial charge in [0.25, 0.3) is 5.91 Å². The van der Waals surface area contributed by atoms with E-state index in [1.165, 1.54) is 0 Å². The van der Waals surface area contributed by atoms with Gasteiger partial charge < -0.3 is 14.6 Å². The van der Waals surface area contributed by atoms with Gasteiger partial charge in [-0.05, 0) is 24.3 Å². The number of amides is 3. The third-order valence-corrected chi connectivity index (χ3v) is 3.53. The van der Waals surface area contributed by atoms with Crippen molar-refractivity contribution < 1.29 is 14.3 Å². The second-order valence-electron chi connectivity index (χ2n) is 5.33. The summed E-state index contributed by atoms with van der Waals surface area (Å²) in [5, 5.41) is 4.87. The first-order valence-electron chi connectivity index (χ1n) is 7.88. The zero-order valence-electron chi connectivity index (χ0n) is 13.5. The van der Waals surface area contributed by atoms with Gasteiger partial charge in [-0.1, -0.05) is 30.3 Å². The summed E-state index contributed by atoms with van der Waals surface area (Å²) < 4.78 is 7.22. The lowest BCUT2D eigenvalue weighted by Gasteiger charge is -2.09. The molecular weight excluding hydrogens is 320 g/mol. The van der Waals surface area contributed by atoms with Gasteiger partial charge in [-0.3, -0.25) is 10.1 Å². The van der Waals surface area contributed by atoms with Crippen LogP contribution < -0.4 is 15.4 Å². The fourth-order valence-corrected chi connectivity index (χ4v) is 2.35. The number of urea groups is 1. The molecule has 1 aromatic heterocycles. The van der Waals surface area contributed by atoms with Gasteiger partial charge in [0.05, 0.1) is 17.4 Å². The minimum absolute atomic E-state index is 0.219. The van der Waals surface area contributed by atoms with E-state index < -0.39 is 11.9 Å². The molecule has 0 spiro atoms. The summed E-state index contributed by atoms with van der Waals surface area (Å²) in [6.45, 7) is 0.714. The van der Waals surface area contributed by atoms with Crippen molar-refractivity contribution in [2.45, 2.75) is 6.54 Å². The van der Waals surface area contributed by atoms with Crippen LogP contribution in [-0.2, 0) is 11.3 Å². The van der Waals surface area contributed by atoms with Gasteiger partial charge in [0.2, 0.25) is 0 Å². The highest BCUT2D eigenvalue weighted by atomic mass is 16.5. The molecule has 2 N–H and O–H groups in total. The number of hydrogen-bond donors (Lipinski definition) is 2. The van der Waals surface area contributed by atoms with Crippen LogP contribution in [0.15, 0.2) is 60.9 Å². The molecule has 0 saturated carbocycles. The third kappa shape index (κ3) is 4.57. The molecule has 0 radical (unpaired) electrons. The van der Waals surface area contributed by atoms with Crippen LogP contribution in [0.5, 0.6) is 5.75 Å². The van der Waals surface area contributed by atoms with Crippen molar-refractivity contribution in [2.24, 2.45) is 0 Å². The molecule has 2 aromatic carbocycles. The molecule has 0 aliphatic carbocycles. The average Bonchev–Trinajstić information content (AvgIpc) is 3.04. The molecule has 0 aliphatic rings. The van der Waals surface area contributed by atoms with Crippen molar-refractivity contribution in [2.75, 3.05) is 13.2 Å². The molecular formula is C18H18N4O3. The van der Waals surface area contributed by atoms with E-state index in [1.54, 1.807) is 30.6 Å². The highest BCUT2D eigenvalue weighted by Gasteiger charge is 2.08. The number of imidazole rings is 1. The van der Waals surface area contributed by atoms with E-state index in [9.17, 15) is 9.59 Å². The molecule has 0 fully saturated rings. The predicted molar refractivity (Wildman–Crippen MR) is 93.2 cm³/mol. The Labute approximate surface area is 144 Å². The number of ether oxygens (including phenoxy) is 1. The number of hydrogen-bond acceptors (Lipinski definition) is 4. The zero-order chi connectivity index (χ0) is 17.5. The number of aromatic nitrogens is 2. The lowest BCUT2D eigenvalue weighted by atomic mass is 10.3. The highest BCUT2D eigenvalue weighted by Crippen LogP contribution is 2.11. The summed E-state index contributed by atoms with van der Waals surface area (Å²) in [7, 11) is 0. The van der Waals surface area contributed by atoms with Crippen LogP contribution in [0.4, 0.5) is 4.79 Å².